The van der Waals surface area contributed by atoms with Crippen molar-refractivity contribution in [3.05, 3.63) is 22.4 Å². The van der Waals surface area contributed by atoms with Crippen molar-refractivity contribution in [3.63, 3.8) is 0 Å². The lowest BCUT2D eigenvalue weighted by atomic mass is 10.0. The second kappa shape index (κ2) is 5.62. The highest BCUT2D eigenvalue weighted by Crippen LogP contribution is 2.25. The summed E-state index contributed by atoms with van der Waals surface area (Å²) in [6, 6.07) is 3.67. The summed E-state index contributed by atoms with van der Waals surface area (Å²) in [7, 11) is 0. The number of nitrogens with one attached hydrogen (secondary N) is 2. The third-order valence-corrected chi connectivity index (χ3v) is 3.10. The number of amides is 2. The van der Waals surface area contributed by atoms with Crippen LogP contribution in [0.25, 0.3) is 0 Å². The first-order chi connectivity index (χ1) is 7.56. The van der Waals surface area contributed by atoms with Crippen LogP contribution in [0, 0.1) is 5.92 Å². The van der Waals surface area contributed by atoms with E-state index >= 15 is 0 Å². The Labute approximate surface area is 98.0 Å². The molecule has 0 fully saturated rings. The van der Waals surface area contributed by atoms with Crippen molar-refractivity contribution in [1.82, 2.24) is 10.7 Å². The molecule has 6 heteroatoms. The van der Waals surface area contributed by atoms with Gasteiger partial charge in [0.15, 0.2) is 0 Å². The third-order valence-electron chi connectivity index (χ3n) is 2.14. The van der Waals surface area contributed by atoms with Crippen LogP contribution in [0.5, 0.6) is 0 Å². The summed E-state index contributed by atoms with van der Waals surface area (Å²) < 4.78 is 0. The van der Waals surface area contributed by atoms with E-state index in [-0.39, 0.29) is 12.0 Å². The zero-order valence-corrected chi connectivity index (χ0v) is 10.0. The molecule has 0 saturated heterocycles. The van der Waals surface area contributed by atoms with Crippen LogP contribution in [0.3, 0.4) is 0 Å². The summed E-state index contributed by atoms with van der Waals surface area (Å²) in [5.74, 6) is 3.54. The molecule has 0 aliphatic heterocycles. The number of rotatable bonds is 3. The maximum absolute atomic E-state index is 11.4. The van der Waals surface area contributed by atoms with Crippen molar-refractivity contribution in [2.24, 2.45) is 11.8 Å². The van der Waals surface area contributed by atoms with Crippen molar-refractivity contribution in [3.8, 4) is 0 Å². The zero-order valence-electron chi connectivity index (χ0n) is 9.19. The van der Waals surface area contributed by atoms with E-state index in [0.29, 0.717) is 0 Å². The van der Waals surface area contributed by atoms with Crippen LogP contribution in [-0.2, 0) is 9.59 Å². The zero-order chi connectivity index (χ0) is 12.1. The number of nitrogens with two attached hydrogens (primary N) is 1. The molecule has 5 nitrogen and oxygen atoms in total. The lowest BCUT2D eigenvalue weighted by molar-refractivity contribution is -0.139. The molecule has 88 valence electrons. The van der Waals surface area contributed by atoms with Crippen molar-refractivity contribution < 1.29 is 9.59 Å². The molecule has 0 bridgehead atoms. The van der Waals surface area contributed by atoms with Crippen molar-refractivity contribution in [2.75, 3.05) is 0 Å². The van der Waals surface area contributed by atoms with E-state index < -0.39 is 11.8 Å². The fourth-order valence-corrected chi connectivity index (χ4v) is 2.26. The summed E-state index contributed by atoms with van der Waals surface area (Å²) in [4.78, 5) is 23.4. The Balaban J connectivity index is 2.74. The lowest BCUT2D eigenvalue weighted by Gasteiger charge is -2.20. The fraction of sp³-hybridized carbons (Fsp3) is 0.400. The van der Waals surface area contributed by atoms with E-state index in [1.165, 1.54) is 0 Å². The monoisotopic (exact) mass is 241 g/mol. The van der Waals surface area contributed by atoms with Crippen molar-refractivity contribution >= 4 is 23.2 Å². The summed E-state index contributed by atoms with van der Waals surface area (Å²) in [5, 5.41) is 4.58. The normalized spacial score (nSPS) is 12.2. The third kappa shape index (κ3) is 3.04. The Morgan fingerprint density at radius 2 is 2.06 bits per heavy atom. The minimum atomic E-state index is -0.831. The molecule has 16 heavy (non-hydrogen) atoms. The number of hydrazine groups is 1. The van der Waals surface area contributed by atoms with Gasteiger partial charge in [0, 0.05) is 4.88 Å². The molecule has 1 unspecified atom stereocenters. The van der Waals surface area contributed by atoms with Crippen LogP contribution in [0.4, 0.5) is 0 Å². The number of thiophene rings is 1. The Hall–Kier alpha value is -1.40. The molecule has 1 heterocycles. The smallest absolute Gasteiger partial charge is 0.323 e. The maximum Gasteiger partial charge on any atom is 0.323 e. The topological polar surface area (TPSA) is 84.2 Å². The van der Waals surface area contributed by atoms with Gasteiger partial charge in [0.1, 0.15) is 0 Å². The molecule has 1 aromatic heterocycles. The molecule has 1 rings (SSSR count). The Kier molecular flexibility index (Phi) is 4.45. The molecular formula is C10H15N3O2S. The summed E-state index contributed by atoms with van der Waals surface area (Å²) >= 11 is 1.54. The second-order valence-electron chi connectivity index (χ2n) is 3.68. The van der Waals surface area contributed by atoms with Gasteiger partial charge < -0.3 is 5.32 Å². The van der Waals surface area contributed by atoms with Crippen LogP contribution in [0.1, 0.15) is 24.8 Å². The fourth-order valence-electron chi connectivity index (χ4n) is 1.31. The quantitative estimate of drug-likeness (QED) is 0.313. The van der Waals surface area contributed by atoms with Gasteiger partial charge in [-0.1, -0.05) is 19.9 Å². The minimum absolute atomic E-state index is 0.162. The molecule has 0 aliphatic rings. The average Bonchev–Trinajstić information content (AvgIpc) is 2.76. The molecule has 1 atom stereocenters. The van der Waals surface area contributed by atoms with Crippen LogP contribution in [0.2, 0.25) is 0 Å². The van der Waals surface area contributed by atoms with Gasteiger partial charge in [-0.3, -0.25) is 15.0 Å². The van der Waals surface area contributed by atoms with Gasteiger partial charge in [-0.15, -0.1) is 11.3 Å². The Morgan fingerprint density at radius 3 is 2.50 bits per heavy atom. The molecule has 1 aromatic rings. The number of hydrogen-bond acceptors (Lipinski definition) is 4. The van der Waals surface area contributed by atoms with Crippen LogP contribution >= 0.6 is 11.3 Å². The largest absolute Gasteiger partial charge is 0.340 e. The predicted molar refractivity (Wildman–Crippen MR) is 62.4 cm³/mol. The highest BCUT2D eigenvalue weighted by molar-refractivity contribution is 7.10. The van der Waals surface area contributed by atoms with Gasteiger partial charge >= 0.3 is 11.8 Å². The molecular weight excluding hydrogens is 226 g/mol. The van der Waals surface area contributed by atoms with Gasteiger partial charge in [0.25, 0.3) is 0 Å². The molecule has 0 aromatic carbocycles. The number of hydrogen-bond donors (Lipinski definition) is 3. The Morgan fingerprint density at radius 1 is 1.38 bits per heavy atom. The van der Waals surface area contributed by atoms with Gasteiger partial charge in [-0.2, -0.15) is 0 Å². The van der Waals surface area contributed by atoms with E-state index in [1.807, 2.05) is 31.4 Å². The van der Waals surface area contributed by atoms with E-state index in [9.17, 15) is 9.59 Å². The first-order valence-electron chi connectivity index (χ1n) is 4.91. The lowest BCUT2D eigenvalue weighted by Crippen LogP contribution is -2.45. The number of carbonyl (C=O) groups excluding carboxylic acids is 2. The van der Waals surface area contributed by atoms with E-state index in [4.69, 9.17) is 5.84 Å². The van der Waals surface area contributed by atoms with Crippen molar-refractivity contribution in [1.29, 1.82) is 0 Å². The standard InChI is InChI=1S/C10H15N3O2S/c1-6(2)8(7-4-3-5-16-7)12-9(14)10(15)13-11/h3-6,8H,11H2,1-2H3,(H,12,14)(H,13,15). The van der Waals surface area contributed by atoms with Gasteiger partial charge in [-0.25, -0.2) is 5.84 Å². The maximum atomic E-state index is 11.4. The van der Waals surface area contributed by atoms with Crippen LogP contribution in [-0.4, -0.2) is 11.8 Å². The molecule has 0 aliphatic carbocycles. The van der Waals surface area contributed by atoms with E-state index in [1.54, 1.807) is 16.8 Å². The van der Waals surface area contributed by atoms with Gasteiger partial charge in [0.05, 0.1) is 6.04 Å². The molecule has 0 spiro atoms. The first-order valence-corrected chi connectivity index (χ1v) is 5.79. The van der Waals surface area contributed by atoms with E-state index in [2.05, 4.69) is 5.32 Å². The van der Waals surface area contributed by atoms with E-state index in [0.717, 1.165) is 4.88 Å². The summed E-state index contributed by atoms with van der Waals surface area (Å²) in [6.07, 6.45) is 0. The highest BCUT2D eigenvalue weighted by atomic mass is 32.1. The predicted octanol–water partition coefficient (Wildman–Crippen LogP) is 0.551. The van der Waals surface area contributed by atoms with Crippen LogP contribution in [0.15, 0.2) is 17.5 Å². The molecule has 4 N–H and O–H groups in total. The SMILES string of the molecule is CC(C)C(NC(=O)C(=O)NN)c1cccs1. The molecule has 0 saturated carbocycles. The first kappa shape index (κ1) is 12.7. The molecule has 0 radical (unpaired) electrons. The van der Waals surface area contributed by atoms with Crippen LogP contribution < -0.4 is 16.6 Å². The summed E-state index contributed by atoms with van der Waals surface area (Å²) in [5.41, 5.74) is 1.81. The second-order valence-corrected chi connectivity index (χ2v) is 4.66. The van der Waals surface area contributed by atoms with Crippen molar-refractivity contribution in [2.45, 2.75) is 19.9 Å². The molecule has 2 amide bonds. The highest BCUT2D eigenvalue weighted by Gasteiger charge is 2.22. The summed E-state index contributed by atoms with van der Waals surface area (Å²) in [6.45, 7) is 3.95. The van der Waals surface area contributed by atoms with Gasteiger partial charge in [-0.05, 0) is 17.4 Å². The van der Waals surface area contributed by atoms with Gasteiger partial charge in [0.2, 0.25) is 0 Å². The number of carbonyl (C=O) groups is 2. The average molecular weight is 241 g/mol. The minimum Gasteiger partial charge on any atom is -0.340 e. The Bertz CT molecular complexity index is 362.